The van der Waals surface area contributed by atoms with Crippen LogP contribution in [0.1, 0.15) is 32.8 Å². The summed E-state index contributed by atoms with van der Waals surface area (Å²) in [6.07, 6.45) is 1.08. The van der Waals surface area contributed by atoms with Gasteiger partial charge in [-0.05, 0) is 38.0 Å². The van der Waals surface area contributed by atoms with E-state index < -0.39 is 0 Å². The lowest BCUT2D eigenvalue weighted by Crippen LogP contribution is -2.41. The van der Waals surface area contributed by atoms with E-state index in [1.165, 1.54) is 5.56 Å². The Labute approximate surface area is 139 Å². The van der Waals surface area contributed by atoms with Crippen LogP contribution in [0.3, 0.4) is 0 Å². The molecule has 0 aliphatic heterocycles. The average Bonchev–Trinajstić information content (AvgIpc) is 2.45. The minimum absolute atomic E-state index is 0. The maximum absolute atomic E-state index is 5.14. The molecule has 1 atom stereocenters. The number of guanidine groups is 1. The molecular weight excluding hydrogens is 365 g/mol. The number of benzene rings is 1. The summed E-state index contributed by atoms with van der Waals surface area (Å²) in [5.41, 5.74) is 1.17. The Morgan fingerprint density at radius 2 is 1.90 bits per heavy atom. The Kier molecular flexibility index (Phi) is 10.2. The van der Waals surface area contributed by atoms with Gasteiger partial charge in [-0.2, -0.15) is 0 Å². The summed E-state index contributed by atoms with van der Waals surface area (Å²) in [6.45, 7) is 7.91. The lowest BCUT2D eigenvalue weighted by Gasteiger charge is -2.16. The van der Waals surface area contributed by atoms with Crippen molar-refractivity contribution < 1.29 is 4.74 Å². The van der Waals surface area contributed by atoms with Crippen molar-refractivity contribution >= 4 is 29.9 Å². The monoisotopic (exact) mass is 391 g/mol. The molecule has 1 unspecified atom stereocenters. The third-order valence-corrected chi connectivity index (χ3v) is 2.92. The summed E-state index contributed by atoms with van der Waals surface area (Å²) in [4.78, 5) is 4.58. The molecule has 0 bridgehead atoms. The molecule has 1 aromatic carbocycles. The SMILES string of the molecule is CCNC(=NCc1ccc(OC)cc1)NC(C)CC.I. The van der Waals surface area contributed by atoms with Gasteiger partial charge in [0.15, 0.2) is 5.96 Å². The van der Waals surface area contributed by atoms with Crippen LogP contribution in [0, 0.1) is 0 Å². The standard InChI is InChI=1S/C15H25N3O.HI/c1-5-12(3)18-15(16-6-2)17-11-13-7-9-14(19-4)10-8-13;/h7-10,12H,5-6,11H2,1-4H3,(H2,16,17,18);1H. The molecule has 0 heterocycles. The number of nitrogens with one attached hydrogen (secondary N) is 2. The van der Waals surface area contributed by atoms with Crippen LogP contribution in [0.15, 0.2) is 29.3 Å². The van der Waals surface area contributed by atoms with Crippen molar-refractivity contribution in [2.24, 2.45) is 4.99 Å². The van der Waals surface area contributed by atoms with Gasteiger partial charge < -0.3 is 15.4 Å². The molecule has 0 aliphatic carbocycles. The minimum Gasteiger partial charge on any atom is -0.497 e. The number of hydrogen-bond acceptors (Lipinski definition) is 2. The molecule has 20 heavy (non-hydrogen) atoms. The highest BCUT2D eigenvalue weighted by molar-refractivity contribution is 14.0. The maximum Gasteiger partial charge on any atom is 0.191 e. The lowest BCUT2D eigenvalue weighted by molar-refractivity contribution is 0.414. The molecule has 0 fully saturated rings. The van der Waals surface area contributed by atoms with Gasteiger partial charge in [0.05, 0.1) is 13.7 Å². The van der Waals surface area contributed by atoms with Crippen molar-refractivity contribution in [1.29, 1.82) is 0 Å². The Morgan fingerprint density at radius 1 is 1.25 bits per heavy atom. The largest absolute Gasteiger partial charge is 0.497 e. The van der Waals surface area contributed by atoms with Crippen molar-refractivity contribution in [2.45, 2.75) is 39.8 Å². The smallest absolute Gasteiger partial charge is 0.191 e. The van der Waals surface area contributed by atoms with E-state index in [1.807, 2.05) is 24.3 Å². The van der Waals surface area contributed by atoms with Crippen LogP contribution < -0.4 is 15.4 Å². The van der Waals surface area contributed by atoms with Crippen LogP contribution in [-0.4, -0.2) is 25.7 Å². The number of aliphatic imine (C=N–C) groups is 1. The number of ether oxygens (including phenoxy) is 1. The van der Waals surface area contributed by atoms with Crippen LogP contribution in [0.25, 0.3) is 0 Å². The Morgan fingerprint density at radius 3 is 2.40 bits per heavy atom. The summed E-state index contributed by atoms with van der Waals surface area (Å²) < 4.78 is 5.14. The van der Waals surface area contributed by atoms with Gasteiger partial charge in [0.2, 0.25) is 0 Å². The Bertz CT molecular complexity index is 393. The van der Waals surface area contributed by atoms with E-state index in [2.05, 4.69) is 36.4 Å². The van der Waals surface area contributed by atoms with Crippen LogP contribution in [-0.2, 0) is 6.54 Å². The second-order valence-corrected chi connectivity index (χ2v) is 4.50. The van der Waals surface area contributed by atoms with Crippen LogP contribution in [0.5, 0.6) is 5.75 Å². The summed E-state index contributed by atoms with van der Waals surface area (Å²) >= 11 is 0. The van der Waals surface area contributed by atoms with Crippen molar-refractivity contribution in [1.82, 2.24) is 10.6 Å². The Hall–Kier alpha value is -0.980. The number of halogens is 1. The molecule has 0 aliphatic rings. The first-order valence-electron chi connectivity index (χ1n) is 6.87. The normalized spacial score (nSPS) is 12.3. The third kappa shape index (κ3) is 6.98. The molecule has 0 saturated carbocycles. The lowest BCUT2D eigenvalue weighted by atomic mass is 10.2. The first-order valence-corrected chi connectivity index (χ1v) is 6.87. The molecule has 114 valence electrons. The molecule has 0 aromatic heterocycles. The number of nitrogens with zero attached hydrogens (tertiary/aromatic N) is 1. The predicted octanol–water partition coefficient (Wildman–Crippen LogP) is 3.17. The molecule has 1 rings (SSSR count). The maximum atomic E-state index is 5.14. The highest BCUT2D eigenvalue weighted by Gasteiger charge is 2.02. The molecule has 0 radical (unpaired) electrons. The van der Waals surface area contributed by atoms with Gasteiger partial charge in [0.1, 0.15) is 5.75 Å². The molecule has 4 nitrogen and oxygen atoms in total. The summed E-state index contributed by atoms with van der Waals surface area (Å²) in [5, 5.41) is 6.63. The van der Waals surface area contributed by atoms with Crippen LogP contribution >= 0.6 is 24.0 Å². The van der Waals surface area contributed by atoms with E-state index in [-0.39, 0.29) is 24.0 Å². The summed E-state index contributed by atoms with van der Waals surface area (Å²) in [6, 6.07) is 8.41. The van der Waals surface area contributed by atoms with Crippen molar-refractivity contribution in [3.05, 3.63) is 29.8 Å². The predicted molar refractivity (Wildman–Crippen MR) is 96.1 cm³/mol. The average molecular weight is 391 g/mol. The molecule has 1 aromatic rings. The molecule has 5 heteroatoms. The third-order valence-electron chi connectivity index (χ3n) is 2.92. The summed E-state index contributed by atoms with van der Waals surface area (Å²) in [7, 11) is 1.67. The fourth-order valence-corrected chi connectivity index (χ4v) is 1.56. The van der Waals surface area contributed by atoms with Crippen molar-refractivity contribution in [2.75, 3.05) is 13.7 Å². The van der Waals surface area contributed by atoms with Gasteiger partial charge in [-0.15, -0.1) is 24.0 Å². The first-order chi connectivity index (χ1) is 9.19. The van der Waals surface area contributed by atoms with Gasteiger partial charge in [0, 0.05) is 12.6 Å². The molecule has 0 amide bonds. The van der Waals surface area contributed by atoms with Gasteiger partial charge in [-0.3, -0.25) is 0 Å². The van der Waals surface area contributed by atoms with Gasteiger partial charge in [0.25, 0.3) is 0 Å². The van der Waals surface area contributed by atoms with Gasteiger partial charge >= 0.3 is 0 Å². The fraction of sp³-hybridized carbons (Fsp3) is 0.533. The van der Waals surface area contributed by atoms with E-state index in [1.54, 1.807) is 7.11 Å². The second-order valence-electron chi connectivity index (χ2n) is 4.50. The number of rotatable bonds is 6. The highest BCUT2D eigenvalue weighted by Crippen LogP contribution is 2.11. The first kappa shape index (κ1) is 19.0. The number of hydrogen-bond donors (Lipinski definition) is 2. The van der Waals surface area contributed by atoms with E-state index in [4.69, 9.17) is 4.74 Å². The minimum atomic E-state index is 0. The van der Waals surface area contributed by atoms with Gasteiger partial charge in [-0.1, -0.05) is 19.1 Å². The van der Waals surface area contributed by atoms with E-state index >= 15 is 0 Å². The molecular formula is C15H26IN3O. The topological polar surface area (TPSA) is 45.7 Å². The van der Waals surface area contributed by atoms with E-state index in [0.29, 0.717) is 12.6 Å². The van der Waals surface area contributed by atoms with Crippen molar-refractivity contribution in [3.8, 4) is 5.75 Å². The van der Waals surface area contributed by atoms with E-state index in [0.717, 1.165) is 24.7 Å². The number of methoxy groups -OCH3 is 1. The quantitative estimate of drug-likeness (QED) is 0.445. The summed E-state index contributed by atoms with van der Waals surface area (Å²) in [5.74, 6) is 1.74. The Balaban J connectivity index is 0.00000361. The van der Waals surface area contributed by atoms with E-state index in [9.17, 15) is 0 Å². The van der Waals surface area contributed by atoms with Crippen LogP contribution in [0.4, 0.5) is 0 Å². The van der Waals surface area contributed by atoms with Crippen LogP contribution in [0.2, 0.25) is 0 Å². The van der Waals surface area contributed by atoms with Crippen molar-refractivity contribution in [3.63, 3.8) is 0 Å². The molecule has 0 spiro atoms. The molecule has 0 saturated heterocycles. The fourth-order valence-electron chi connectivity index (χ4n) is 1.56. The molecule has 2 N–H and O–H groups in total. The zero-order valence-corrected chi connectivity index (χ0v) is 15.1. The zero-order chi connectivity index (χ0) is 14.1. The second kappa shape index (κ2) is 10.8. The van der Waals surface area contributed by atoms with Gasteiger partial charge in [-0.25, -0.2) is 4.99 Å². The zero-order valence-electron chi connectivity index (χ0n) is 12.8. The highest BCUT2D eigenvalue weighted by atomic mass is 127.